The maximum absolute atomic E-state index is 12.2. The molecule has 0 aliphatic rings. The van der Waals surface area contributed by atoms with Crippen molar-refractivity contribution in [2.45, 2.75) is 6.43 Å². The third kappa shape index (κ3) is 1.49. The minimum absolute atomic E-state index is 0.327. The van der Waals surface area contributed by atoms with E-state index in [2.05, 4.69) is 4.98 Å². The summed E-state index contributed by atoms with van der Waals surface area (Å²) in [5.74, 6) is -0.850. The summed E-state index contributed by atoms with van der Waals surface area (Å²) in [5.41, 5.74) is 3.61. The second kappa shape index (κ2) is 3.23. The summed E-state index contributed by atoms with van der Waals surface area (Å²) in [4.78, 5) is 3.37. The third-order valence-electron chi connectivity index (χ3n) is 1.45. The number of nitrogen functional groups attached to an aromatic ring is 1. The number of halogens is 2. The average molecular weight is 185 g/mol. The monoisotopic (exact) mass is 185 g/mol. The van der Waals surface area contributed by atoms with Crippen LogP contribution in [-0.4, -0.2) is 10.1 Å². The highest BCUT2D eigenvalue weighted by molar-refractivity contribution is 5.57. The third-order valence-corrected chi connectivity index (χ3v) is 1.45. The molecule has 68 valence electrons. The van der Waals surface area contributed by atoms with Gasteiger partial charge in [0, 0.05) is 0 Å². The number of hydrogen-bond donors (Lipinski definition) is 2. The molecule has 1 aromatic heterocycles. The molecule has 0 aliphatic heterocycles. The highest BCUT2D eigenvalue weighted by Crippen LogP contribution is 2.33. The highest BCUT2D eigenvalue weighted by Gasteiger charge is 2.20. The minimum atomic E-state index is -2.92. The summed E-state index contributed by atoms with van der Waals surface area (Å²) in [6.07, 6.45) is -2.00. The first-order valence-electron chi connectivity index (χ1n) is 3.23. The van der Waals surface area contributed by atoms with Crippen molar-refractivity contribution in [1.29, 1.82) is 5.26 Å². The molecule has 0 atom stereocenters. The van der Waals surface area contributed by atoms with E-state index in [9.17, 15) is 8.78 Å². The summed E-state index contributed by atoms with van der Waals surface area (Å²) in [6, 6.07) is 1.47. The standard InChI is InChI=1S/C7H5F2N3O/c8-7(9)5-3(11)2-12-4(1-10)6(5)13/h2,7,13H,11H2. The summed E-state index contributed by atoms with van der Waals surface area (Å²) < 4.78 is 24.5. The van der Waals surface area contributed by atoms with Gasteiger partial charge in [-0.15, -0.1) is 0 Å². The Bertz CT molecular complexity index is 373. The van der Waals surface area contributed by atoms with Crippen LogP contribution >= 0.6 is 0 Å². The van der Waals surface area contributed by atoms with Crippen LogP contribution in [0.3, 0.4) is 0 Å². The molecule has 4 nitrogen and oxygen atoms in total. The van der Waals surface area contributed by atoms with Crippen LogP contribution in [0.5, 0.6) is 5.75 Å². The highest BCUT2D eigenvalue weighted by atomic mass is 19.3. The molecule has 0 fully saturated rings. The van der Waals surface area contributed by atoms with Crippen LogP contribution in [0.25, 0.3) is 0 Å². The van der Waals surface area contributed by atoms with Crippen LogP contribution in [0.2, 0.25) is 0 Å². The Labute approximate surface area is 72.2 Å². The number of nitrogens with zero attached hydrogens (tertiary/aromatic N) is 2. The summed E-state index contributed by atoms with van der Waals surface area (Å²) >= 11 is 0. The van der Waals surface area contributed by atoms with Crippen LogP contribution in [0.4, 0.5) is 14.5 Å². The number of nitriles is 1. The van der Waals surface area contributed by atoms with Crippen LogP contribution in [0.1, 0.15) is 17.7 Å². The molecule has 0 amide bonds. The second-order valence-electron chi connectivity index (χ2n) is 2.24. The number of aromatic nitrogens is 1. The summed E-state index contributed by atoms with van der Waals surface area (Å²) in [5, 5.41) is 17.5. The predicted molar refractivity (Wildman–Crippen MR) is 40.0 cm³/mol. The molecule has 0 bridgehead atoms. The van der Waals surface area contributed by atoms with Crippen molar-refractivity contribution in [2.24, 2.45) is 0 Å². The zero-order chi connectivity index (χ0) is 10.0. The zero-order valence-corrected chi connectivity index (χ0v) is 6.33. The van der Waals surface area contributed by atoms with Gasteiger partial charge in [0.25, 0.3) is 6.43 Å². The largest absolute Gasteiger partial charge is 0.504 e. The van der Waals surface area contributed by atoms with E-state index in [1.54, 1.807) is 0 Å². The Morgan fingerprint density at radius 2 is 2.23 bits per heavy atom. The van der Waals surface area contributed by atoms with Crippen LogP contribution in [0, 0.1) is 11.3 Å². The van der Waals surface area contributed by atoms with Gasteiger partial charge in [-0.25, -0.2) is 13.8 Å². The van der Waals surface area contributed by atoms with E-state index in [1.807, 2.05) is 0 Å². The van der Waals surface area contributed by atoms with Gasteiger partial charge in [-0.1, -0.05) is 0 Å². The van der Waals surface area contributed by atoms with Crippen LogP contribution in [0.15, 0.2) is 6.20 Å². The maximum Gasteiger partial charge on any atom is 0.269 e. The first-order chi connectivity index (χ1) is 6.07. The van der Waals surface area contributed by atoms with E-state index < -0.39 is 23.4 Å². The molecule has 0 aromatic carbocycles. The number of rotatable bonds is 1. The number of hydrogen-bond acceptors (Lipinski definition) is 4. The first kappa shape index (κ1) is 9.19. The lowest BCUT2D eigenvalue weighted by atomic mass is 10.2. The van der Waals surface area contributed by atoms with E-state index in [0.29, 0.717) is 0 Å². The zero-order valence-electron chi connectivity index (χ0n) is 6.33. The van der Waals surface area contributed by atoms with Crippen molar-refractivity contribution in [1.82, 2.24) is 4.98 Å². The molecule has 0 spiro atoms. The van der Waals surface area contributed by atoms with Gasteiger partial charge >= 0.3 is 0 Å². The Kier molecular flexibility index (Phi) is 2.28. The van der Waals surface area contributed by atoms with E-state index >= 15 is 0 Å². The Hall–Kier alpha value is -1.90. The molecular formula is C7H5F2N3O. The van der Waals surface area contributed by atoms with E-state index in [-0.39, 0.29) is 5.69 Å². The topological polar surface area (TPSA) is 82.9 Å². The van der Waals surface area contributed by atoms with Gasteiger partial charge in [0.2, 0.25) is 0 Å². The van der Waals surface area contributed by atoms with E-state index in [0.717, 1.165) is 6.20 Å². The van der Waals surface area contributed by atoms with Crippen molar-refractivity contribution in [2.75, 3.05) is 5.73 Å². The van der Waals surface area contributed by atoms with Gasteiger partial charge < -0.3 is 10.8 Å². The van der Waals surface area contributed by atoms with Gasteiger partial charge in [0.05, 0.1) is 17.4 Å². The summed E-state index contributed by atoms with van der Waals surface area (Å²) in [6.45, 7) is 0. The van der Waals surface area contributed by atoms with Crippen molar-refractivity contribution >= 4 is 5.69 Å². The molecule has 0 aliphatic carbocycles. The summed E-state index contributed by atoms with van der Waals surface area (Å²) in [7, 11) is 0. The molecule has 0 saturated carbocycles. The lowest BCUT2D eigenvalue weighted by Crippen LogP contribution is -1.99. The fraction of sp³-hybridized carbons (Fsp3) is 0.143. The normalized spacial score (nSPS) is 10.0. The number of pyridine rings is 1. The van der Waals surface area contributed by atoms with Gasteiger partial charge in [-0.05, 0) is 0 Å². The van der Waals surface area contributed by atoms with Crippen LogP contribution in [-0.2, 0) is 0 Å². The Morgan fingerprint density at radius 3 is 2.69 bits per heavy atom. The molecule has 0 unspecified atom stereocenters. The molecule has 1 rings (SSSR count). The Balaban J connectivity index is 3.41. The van der Waals surface area contributed by atoms with Crippen molar-refractivity contribution in [3.05, 3.63) is 17.5 Å². The smallest absolute Gasteiger partial charge is 0.269 e. The lowest BCUT2D eigenvalue weighted by Gasteiger charge is -2.06. The number of alkyl halides is 2. The van der Waals surface area contributed by atoms with E-state index in [4.69, 9.17) is 16.1 Å². The quantitative estimate of drug-likeness (QED) is 0.688. The van der Waals surface area contributed by atoms with Crippen LogP contribution < -0.4 is 5.73 Å². The molecule has 0 radical (unpaired) electrons. The average Bonchev–Trinajstić information content (AvgIpc) is 2.04. The number of aromatic hydroxyl groups is 1. The first-order valence-corrected chi connectivity index (χ1v) is 3.23. The molecule has 1 heterocycles. The van der Waals surface area contributed by atoms with E-state index in [1.165, 1.54) is 6.07 Å². The molecule has 3 N–H and O–H groups in total. The fourth-order valence-corrected chi connectivity index (χ4v) is 0.840. The SMILES string of the molecule is N#Cc1ncc(N)c(C(F)F)c1O. The van der Waals surface area contributed by atoms with Crippen molar-refractivity contribution < 1.29 is 13.9 Å². The lowest BCUT2D eigenvalue weighted by molar-refractivity contribution is 0.148. The maximum atomic E-state index is 12.2. The molecule has 6 heteroatoms. The number of anilines is 1. The molecule has 1 aromatic rings. The predicted octanol–water partition coefficient (Wildman–Crippen LogP) is 1.18. The van der Waals surface area contributed by atoms with Crippen molar-refractivity contribution in [3.8, 4) is 11.8 Å². The van der Waals surface area contributed by atoms with Gasteiger partial charge in [0.15, 0.2) is 11.4 Å². The second-order valence-corrected chi connectivity index (χ2v) is 2.24. The Morgan fingerprint density at radius 1 is 1.62 bits per heavy atom. The fourth-order valence-electron chi connectivity index (χ4n) is 0.840. The molecule has 0 saturated heterocycles. The number of nitrogens with two attached hydrogens (primary N) is 1. The van der Waals surface area contributed by atoms with Crippen molar-refractivity contribution in [3.63, 3.8) is 0 Å². The molecular weight excluding hydrogens is 180 g/mol. The van der Waals surface area contributed by atoms with Gasteiger partial charge in [0.1, 0.15) is 6.07 Å². The van der Waals surface area contributed by atoms with Gasteiger partial charge in [-0.2, -0.15) is 5.26 Å². The minimum Gasteiger partial charge on any atom is -0.504 e. The van der Waals surface area contributed by atoms with Gasteiger partial charge in [-0.3, -0.25) is 0 Å². The molecule has 13 heavy (non-hydrogen) atoms.